The number of H-pyrrole nitrogens is 1. The fourth-order valence-electron chi connectivity index (χ4n) is 2.00. The van der Waals surface area contributed by atoms with E-state index in [9.17, 15) is 4.79 Å². The summed E-state index contributed by atoms with van der Waals surface area (Å²) in [6.45, 7) is 2.31. The summed E-state index contributed by atoms with van der Waals surface area (Å²) in [6, 6.07) is 5.62. The first kappa shape index (κ1) is 13.2. The van der Waals surface area contributed by atoms with Gasteiger partial charge in [-0.3, -0.25) is 14.3 Å². The van der Waals surface area contributed by atoms with Gasteiger partial charge in [-0.2, -0.15) is 0 Å². The third kappa shape index (κ3) is 2.73. The van der Waals surface area contributed by atoms with E-state index in [1.807, 2.05) is 35.7 Å². The van der Waals surface area contributed by atoms with Crippen LogP contribution in [-0.2, 0) is 13.0 Å². The molecule has 1 amide bonds. The number of nitrogens with zero attached hydrogens (tertiary/aromatic N) is 5. The number of nitrogens with one attached hydrogen (secondary N) is 2. The molecule has 8 heteroatoms. The van der Waals surface area contributed by atoms with Gasteiger partial charge in [0.25, 0.3) is 5.91 Å². The van der Waals surface area contributed by atoms with Gasteiger partial charge in [-0.25, -0.2) is 4.98 Å². The highest BCUT2D eigenvalue weighted by molar-refractivity contribution is 5.90. The number of aromatic amines is 1. The number of carbonyl (C=O) groups excluding carboxylic acids is 1. The molecular weight excluding hydrogens is 270 g/mol. The van der Waals surface area contributed by atoms with E-state index in [4.69, 9.17) is 0 Å². The molecule has 8 nitrogen and oxygen atoms in total. The van der Waals surface area contributed by atoms with Crippen LogP contribution in [0.15, 0.2) is 24.4 Å². The lowest BCUT2D eigenvalue weighted by Crippen LogP contribution is -2.25. The predicted octanol–water partition coefficient (Wildman–Crippen LogP) is 0.730. The molecule has 0 saturated carbocycles. The third-order valence-electron chi connectivity index (χ3n) is 3.01. The zero-order chi connectivity index (χ0) is 14.7. The second kappa shape index (κ2) is 5.70. The molecule has 0 unspecified atom stereocenters. The van der Waals surface area contributed by atoms with Crippen LogP contribution in [0.25, 0.3) is 5.65 Å². The first-order valence-electron chi connectivity index (χ1n) is 6.76. The third-order valence-corrected chi connectivity index (χ3v) is 3.01. The normalized spacial score (nSPS) is 10.9. The number of rotatable bonds is 5. The molecule has 2 N–H and O–H groups in total. The van der Waals surface area contributed by atoms with E-state index in [-0.39, 0.29) is 18.3 Å². The highest BCUT2D eigenvalue weighted by Crippen LogP contribution is 2.03. The Kier molecular flexibility index (Phi) is 3.59. The SMILES string of the molecule is CCCc1nc(C(=O)NCc2nnc3ccccn23)n[nH]1. The van der Waals surface area contributed by atoms with E-state index in [2.05, 4.69) is 30.7 Å². The molecule has 0 radical (unpaired) electrons. The standard InChI is InChI=1S/C13H15N7O/c1-2-5-9-15-12(19-16-9)13(21)14-8-11-18-17-10-6-3-4-7-20(10)11/h3-4,6-7H,2,5,8H2,1H3,(H,14,21)(H,15,16,19). The van der Waals surface area contributed by atoms with Crippen molar-refractivity contribution in [2.24, 2.45) is 0 Å². The number of hydrogen-bond acceptors (Lipinski definition) is 5. The summed E-state index contributed by atoms with van der Waals surface area (Å²) in [6.07, 6.45) is 3.57. The topological polar surface area (TPSA) is 101 Å². The minimum Gasteiger partial charge on any atom is -0.342 e. The molecule has 3 aromatic heterocycles. The Morgan fingerprint density at radius 2 is 2.29 bits per heavy atom. The average Bonchev–Trinajstić information content (AvgIpc) is 3.12. The maximum Gasteiger partial charge on any atom is 0.291 e. The fraction of sp³-hybridized carbons (Fsp3) is 0.308. The van der Waals surface area contributed by atoms with Gasteiger partial charge in [0.05, 0.1) is 6.54 Å². The number of fused-ring (bicyclic) bond motifs is 1. The Morgan fingerprint density at radius 1 is 1.38 bits per heavy atom. The van der Waals surface area contributed by atoms with Gasteiger partial charge in [0, 0.05) is 12.6 Å². The van der Waals surface area contributed by atoms with Crippen molar-refractivity contribution in [1.82, 2.24) is 35.1 Å². The molecule has 3 aromatic rings. The molecule has 0 aliphatic rings. The Bertz CT molecular complexity index is 761. The second-order valence-electron chi connectivity index (χ2n) is 4.58. The number of aromatic nitrogens is 6. The smallest absolute Gasteiger partial charge is 0.291 e. The zero-order valence-electron chi connectivity index (χ0n) is 11.6. The minimum atomic E-state index is -0.332. The van der Waals surface area contributed by atoms with Crippen molar-refractivity contribution in [2.45, 2.75) is 26.3 Å². The summed E-state index contributed by atoms with van der Waals surface area (Å²) in [5, 5.41) is 17.5. The van der Waals surface area contributed by atoms with E-state index in [1.54, 1.807) is 0 Å². The summed E-state index contributed by atoms with van der Waals surface area (Å²) in [7, 11) is 0. The van der Waals surface area contributed by atoms with Crippen molar-refractivity contribution in [2.75, 3.05) is 0 Å². The van der Waals surface area contributed by atoms with Crippen LogP contribution in [0.5, 0.6) is 0 Å². The number of hydrogen-bond donors (Lipinski definition) is 2. The quantitative estimate of drug-likeness (QED) is 0.719. The molecule has 21 heavy (non-hydrogen) atoms. The minimum absolute atomic E-state index is 0.146. The maximum absolute atomic E-state index is 12.0. The van der Waals surface area contributed by atoms with Crippen molar-refractivity contribution in [3.8, 4) is 0 Å². The maximum atomic E-state index is 12.0. The van der Waals surface area contributed by atoms with Crippen molar-refractivity contribution < 1.29 is 4.79 Å². The van der Waals surface area contributed by atoms with E-state index in [0.717, 1.165) is 24.3 Å². The van der Waals surface area contributed by atoms with E-state index < -0.39 is 0 Å². The monoisotopic (exact) mass is 285 g/mol. The van der Waals surface area contributed by atoms with Gasteiger partial charge in [0.15, 0.2) is 11.5 Å². The van der Waals surface area contributed by atoms with Crippen molar-refractivity contribution in [3.05, 3.63) is 41.9 Å². The molecule has 0 aromatic carbocycles. The molecule has 0 bridgehead atoms. The van der Waals surface area contributed by atoms with Gasteiger partial charge in [-0.05, 0) is 18.6 Å². The van der Waals surface area contributed by atoms with Crippen LogP contribution in [0.3, 0.4) is 0 Å². The van der Waals surface area contributed by atoms with Crippen LogP contribution in [0.1, 0.15) is 35.6 Å². The van der Waals surface area contributed by atoms with Crippen LogP contribution in [0, 0.1) is 0 Å². The van der Waals surface area contributed by atoms with Crippen LogP contribution >= 0.6 is 0 Å². The Balaban J connectivity index is 1.67. The first-order valence-corrected chi connectivity index (χ1v) is 6.76. The van der Waals surface area contributed by atoms with Crippen LogP contribution in [-0.4, -0.2) is 35.7 Å². The number of carbonyl (C=O) groups is 1. The first-order chi connectivity index (χ1) is 10.3. The van der Waals surface area contributed by atoms with Gasteiger partial charge < -0.3 is 5.32 Å². The lowest BCUT2D eigenvalue weighted by molar-refractivity contribution is 0.0939. The van der Waals surface area contributed by atoms with E-state index in [1.165, 1.54) is 0 Å². The largest absolute Gasteiger partial charge is 0.342 e. The molecule has 0 saturated heterocycles. The molecule has 108 valence electrons. The highest BCUT2D eigenvalue weighted by Gasteiger charge is 2.13. The summed E-state index contributed by atoms with van der Waals surface area (Å²) in [5.41, 5.74) is 0.741. The second-order valence-corrected chi connectivity index (χ2v) is 4.58. The zero-order valence-corrected chi connectivity index (χ0v) is 11.6. The lowest BCUT2D eigenvalue weighted by Gasteiger charge is -2.01. The van der Waals surface area contributed by atoms with E-state index >= 15 is 0 Å². The predicted molar refractivity (Wildman–Crippen MR) is 74.5 cm³/mol. The Hall–Kier alpha value is -2.77. The van der Waals surface area contributed by atoms with Crippen LogP contribution in [0.4, 0.5) is 0 Å². The van der Waals surface area contributed by atoms with E-state index in [0.29, 0.717) is 5.82 Å². The molecule has 0 aliphatic heterocycles. The number of aryl methyl sites for hydroxylation is 1. The highest BCUT2D eigenvalue weighted by atomic mass is 16.2. The van der Waals surface area contributed by atoms with Gasteiger partial charge in [0.2, 0.25) is 5.82 Å². The van der Waals surface area contributed by atoms with Crippen molar-refractivity contribution >= 4 is 11.6 Å². The van der Waals surface area contributed by atoms with Crippen LogP contribution in [0.2, 0.25) is 0 Å². The van der Waals surface area contributed by atoms with Crippen molar-refractivity contribution in [3.63, 3.8) is 0 Å². The van der Waals surface area contributed by atoms with Gasteiger partial charge in [-0.1, -0.05) is 13.0 Å². The molecule has 0 spiro atoms. The summed E-state index contributed by atoms with van der Waals surface area (Å²) in [5.74, 6) is 1.19. The van der Waals surface area contributed by atoms with Gasteiger partial charge >= 0.3 is 0 Å². The van der Waals surface area contributed by atoms with Crippen LogP contribution < -0.4 is 5.32 Å². The molecule has 3 rings (SSSR count). The summed E-state index contributed by atoms with van der Waals surface area (Å²) < 4.78 is 1.82. The fourth-order valence-corrected chi connectivity index (χ4v) is 2.00. The Morgan fingerprint density at radius 3 is 3.14 bits per heavy atom. The molecule has 0 fully saturated rings. The lowest BCUT2D eigenvalue weighted by atomic mass is 10.3. The molecule has 3 heterocycles. The van der Waals surface area contributed by atoms with Gasteiger partial charge in [-0.15, -0.1) is 15.3 Å². The molecular formula is C13H15N7O. The summed E-state index contributed by atoms with van der Waals surface area (Å²) >= 11 is 0. The molecule has 0 atom stereocenters. The number of amides is 1. The number of pyridine rings is 1. The Labute approximate surface area is 120 Å². The van der Waals surface area contributed by atoms with Gasteiger partial charge in [0.1, 0.15) is 5.82 Å². The van der Waals surface area contributed by atoms with Crippen molar-refractivity contribution in [1.29, 1.82) is 0 Å². The average molecular weight is 285 g/mol. The molecule has 0 aliphatic carbocycles. The summed E-state index contributed by atoms with van der Waals surface area (Å²) in [4.78, 5) is 16.1.